The van der Waals surface area contributed by atoms with E-state index in [9.17, 15) is 4.79 Å². The smallest absolute Gasteiger partial charge is 0.252 e. The normalized spacial score (nSPS) is 17.8. The van der Waals surface area contributed by atoms with E-state index in [0.717, 1.165) is 23.9 Å². The number of carbonyl (C=O) groups excluding carboxylic acids is 1. The van der Waals surface area contributed by atoms with Crippen molar-refractivity contribution >= 4 is 21.8 Å². The molecule has 1 aliphatic heterocycles. The first-order valence-electron chi connectivity index (χ1n) is 6.30. The Hall–Kier alpha value is -1.62. The predicted octanol–water partition coefficient (Wildman–Crippen LogP) is 2.39. The Morgan fingerprint density at radius 2 is 2.21 bits per heavy atom. The number of rotatable bonds is 2. The van der Waals surface area contributed by atoms with Crippen LogP contribution in [-0.4, -0.2) is 21.7 Å². The molecule has 1 aromatic heterocycles. The lowest BCUT2D eigenvalue weighted by Gasteiger charge is -2.24. The number of hydrogen-bond donors (Lipinski definition) is 1. The van der Waals surface area contributed by atoms with Gasteiger partial charge in [0.05, 0.1) is 5.56 Å². The molecule has 0 spiro atoms. The summed E-state index contributed by atoms with van der Waals surface area (Å²) in [7, 11) is 0. The number of benzene rings is 1. The standard InChI is InChI=1S/C14H14BrN3O/c15-13-4-2-1-3-12(13)14(19)17-10-6-8-18-11(9-10)5-7-16-18/h1-5,7,10H,6,8-9H2,(H,17,19)/t10-/m1/s1. The number of amides is 1. The minimum absolute atomic E-state index is 0.0227. The molecule has 1 aliphatic rings. The molecule has 0 radical (unpaired) electrons. The molecule has 98 valence electrons. The summed E-state index contributed by atoms with van der Waals surface area (Å²) in [5.74, 6) is -0.0227. The van der Waals surface area contributed by atoms with Crippen LogP contribution in [-0.2, 0) is 13.0 Å². The van der Waals surface area contributed by atoms with Gasteiger partial charge in [0.1, 0.15) is 0 Å². The Balaban J connectivity index is 1.70. The summed E-state index contributed by atoms with van der Waals surface area (Å²) in [5, 5.41) is 7.34. The molecule has 0 saturated carbocycles. The molecule has 2 aromatic rings. The Morgan fingerprint density at radius 1 is 1.37 bits per heavy atom. The highest BCUT2D eigenvalue weighted by Crippen LogP contribution is 2.18. The van der Waals surface area contributed by atoms with Gasteiger partial charge in [-0.05, 0) is 40.5 Å². The fourth-order valence-electron chi connectivity index (χ4n) is 2.40. The lowest BCUT2D eigenvalue weighted by Crippen LogP contribution is -2.40. The van der Waals surface area contributed by atoms with Crippen LogP contribution in [0.4, 0.5) is 0 Å². The first-order valence-corrected chi connectivity index (χ1v) is 7.09. The molecular weight excluding hydrogens is 306 g/mol. The number of aromatic nitrogens is 2. The maximum Gasteiger partial charge on any atom is 0.252 e. The number of fused-ring (bicyclic) bond motifs is 1. The van der Waals surface area contributed by atoms with Gasteiger partial charge in [-0.15, -0.1) is 0 Å². The van der Waals surface area contributed by atoms with E-state index in [1.165, 1.54) is 5.69 Å². The van der Waals surface area contributed by atoms with Crippen LogP contribution < -0.4 is 5.32 Å². The van der Waals surface area contributed by atoms with E-state index < -0.39 is 0 Å². The van der Waals surface area contributed by atoms with Crippen molar-refractivity contribution in [3.63, 3.8) is 0 Å². The van der Waals surface area contributed by atoms with Gasteiger partial charge in [0.25, 0.3) is 5.91 Å². The number of carbonyl (C=O) groups is 1. The van der Waals surface area contributed by atoms with Gasteiger partial charge in [-0.25, -0.2) is 0 Å². The van der Waals surface area contributed by atoms with Crippen molar-refractivity contribution in [3.05, 3.63) is 52.3 Å². The molecule has 1 atom stereocenters. The van der Waals surface area contributed by atoms with E-state index >= 15 is 0 Å². The summed E-state index contributed by atoms with van der Waals surface area (Å²) in [6.07, 6.45) is 3.58. The van der Waals surface area contributed by atoms with Crippen LogP contribution >= 0.6 is 15.9 Å². The van der Waals surface area contributed by atoms with Gasteiger partial charge >= 0.3 is 0 Å². The number of aryl methyl sites for hydroxylation is 1. The number of halogens is 1. The summed E-state index contributed by atoms with van der Waals surface area (Å²) in [5.41, 5.74) is 1.87. The summed E-state index contributed by atoms with van der Waals surface area (Å²) < 4.78 is 2.83. The van der Waals surface area contributed by atoms with E-state index in [1.807, 2.05) is 41.2 Å². The largest absolute Gasteiger partial charge is 0.349 e. The fourth-order valence-corrected chi connectivity index (χ4v) is 2.86. The highest BCUT2D eigenvalue weighted by molar-refractivity contribution is 9.10. The molecule has 3 rings (SSSR count). The third kappa shape index (κ3) is 2.56. The number of nitrogens with zero attached hydrogens (tertiary/aromatic N) is 2. The van der Waals surface area contributed by atoms with Crippen molar-refractivity contribution in [3.8, 4) is 0 Å². The van der Waals surface area contributed by atoms with E-state index in [2.05, 4.69) is 26.3 Å². The van der Waals surface area contributed by atoms with Gasteiger partial charge in [-0.3, -0.25) is 9.48 Å². The zero-order valence-corrected chi connectivity index (χ0v) is 11.9. The van der Waals surface area contributed by atoms with Crippen molar-refractivity contribution in [1.29, 1.82) is 0 Å². The molecule has 1 amide bonds. The van der Waals surface area contributed by atoms with E-state index in [0.29, 0.717) is 5.56 Å². The van der Waals surface area contributed by atoms with Gasteiger partial charge in [0, 0.05) is 35.4 Å². The SMILES string of the molecule is O=C(N[C@@H]1CCn2nccc2C1)c1ccccc1Br. The van der Waals surface area contributed by atoms with Crippen molar-refractivity contribution < 1.29 is 4.79 Å². The van der Waals surface area contributed by atoms with Gasteiger partial charge in [0.15, 0.2) is 0 Å². The Kier molecular flexibility index (Phi) is 3.38. The summed E-state index contributed by atoms with van der Waals surface area (Å²) in [6.45, 7) is 0.864. The number of hydrogen-bond acceptors (Lipinski definition) is 2. The molecular formula is C14H14BrN3O. The second-order valence-electron chi connectivity index (χ2n) is 4.69. The Labute approximate surface area is 119 Å². The fraction of sp³-hybridized carbons (Fsp3) is 0.286. The maximum absolute atomic E-state index is 12.2. The molecule has 1 N–H and O–H groups in total. The molecule has 5 heteroatoms. The highest BCUT2D eigenvalue weighted by Gasteiger charge is 2.21. The molecule has 0 saturated heterocycles. The van der Waals surface area contributed by atoms with Crippen LogP contribution in [0.3, 0.4) is 0 Å². The monoisotopic (exact) mass is 319 g/mol. The van der Waals surface area contributed by atoms with E-state index in [4.69, 9.17) is 0 Å². The van der Waals surface area contributed by atoms with Crippen LogP contribution in [0.25, 0.3) is 0 Å². The average Bonchev–Trinajstić information content (AvgIpc) is 2.86. The van der Waals surface area contributed by atoms with E-state index in [-0.39, 0.29) is 11.9 Å². The van der Waals surface area contributed by atoms with Crippen LogP contribution in [0.1, 0.15) is 22.5 Å². The van der Waals surface area contributed by atoms with Crippen LogP contribution in [0.15, 0.2) is 41.0 Å². The quantitative estimate of drug-likeness (QED) is 0.923. The van der Waals surface area contributed by atoms with Crippen LogP contribution in [0.2, 0.25) is 0 Å². The first-order chi connectivity index (χ1) is 9.24. The van der Waals surface area contributed by atoms with Crippen LogP contribution in [0, 0.1) is 0 Å². The predicted molar refractivity (Wildman–Crippen MR) is 75.9 cm³/mol. The van der Waals surface area contributed by atoms with Crippen molar-refractivity contribution in [2.75, 3.05) is 0 Å². The molecule has 0 bridgehead atoms. The molecule has 4 nitrogen and oxygen atoms in total. The van der Waals surface area contributed by atoms with Crippen molar-refractivity contribution in [2.45, 2.75) is 25.4 Å². The lowest BCUT2D eigenvalue weighted by molar-refractivity contribution is 0.0929. The van der Waals surface area contributed by atoms with Crippen molar-refractivity contribution in [2.24, 2.45) is 0 Å². The second kappa shape index (κ2) is 5.17. The molecule has 19 heavy (non-hydrogen) atoms. The molecule has 0 aliphatic carbocycles. The van der Waals surface area contributed by atoms with Crippen LogP contribution in [0.5, 0.6) is 0 Å². The summed E-state index contributed by atoms with van der Waals surface area (Å²) in [4.78, 5) is 12.2. The number of nitrogens with one attached hydrogen (secondary N) is 1. The zero-order valence-electron chi connectivity index (χ0n) is 10.3. The van der Waals surface area contributed by atoms with Crippen molar-refractivity contribution in [1.82, 2.24) is 15.1 Å². The third-order valence-corrected chi connectivity index (χ3v) is 4.09. The van der Waals surface area contributed by atoms with Gasteiger partial charge in [-0.2, -0.15) is 5.10 Å². The summed E-state index contributed by atoms with van der Waals surface area (Å²) in [6, 6.07) is 9.67. The van der Waals surface area contributed by atoms with Gasteiger partial charge in [0.2, 0.25) is 0 Å². The topological polar surface area (TPSA) is 46.9 Å². The summed E-state index contributed by atoms with van der Waals surface area (Å²) >= 11 is 3.41. The average molecular weight is 320 g/mol. The van der Waals surface area contributed by atoms with Gasteiger partial charge in [-0.1, -0.05) is 12.1 Å². The highest BCUT2D eigenvalue weighted by atomic mass is 79.9. The van der Waals surface area contributed by atoms with E-state index in [1.54, 1.807) is 0 Å². The van der Waals surface area contributed by atoms with Gasteiger partial charge < -0.3 is 5.32 Å². The second-order valence-corrected chi connectivity index (χ2v) is 5.54. The minimum Gasteiger partial charge on any atom is -0.349 e. The molecule has 0 unspecified atom stereocenters. The lowest BCUT2D eigenvalue weighted by atomic mass is 10.0. The zero-order chi connectivity index (χ0) is 13.2. The maximum atomic E-state index is 12.2. The Bertz CT molecular complexity index is 608. The first kappa shape index (κ1) is 12.4. The molecule has 2 heterocycles. The minimum atomic E-state index is -0.0227. The Morgan fingerprint density at radius 3 is 3.05 bits per heavy atom. The molecule has 0 fully saturated rings. The third-order valence-electron chi connectivity index (χ3n) is 3.40. The molecule has 1 aromatic carbocycles.